The van der Waals surface area contributed by atoms with E-state index < -0.39 is 5.54 Å². The molecule has 5 N–H and O–H groups in total. The van der Waals surface area contributed by atoms with Gasteiger partial charge in [-0.05, 0) is 18.9 Å². The van der Waals surface area contributed by atoms with Gasteiger partial charge in [0, 0.05) is 11.9 Å². The molecular formula is C12H19N3O2. The van der Waals surface area contributed by atoms with Crippen LogP contribution in [0, 0.1) is 0 Å². The molecular weight excluding hydrogens is 218 g/mol. The van der Waals surface area contributed by atoms with Gasteiger partial charge in [0.25, 0.3) is 5.91 Å². The molecule has 1 heterocycles. The van der Waals surface area contributed by atoms with Crippen LogP contribution in [0.4, 0.5) is 5.69 Å². The number of nitrogens with two attached hydrogens (primary N) is 1. The summed E-state index contributed by atoms with van der Waals surface area (Å²) in [6.07, 6.45) is 6.53. The Morgan fingerprint density at radius 1 is 1.47 bits per heavy atom. The van der Waals surface area contributed by atoms with Crippen molar-refractivity contribution in [3.63, 3.8) is 0 Å². The smallest absolute Gasteiger partial charge is 0.268 e. The fourth-order valence-corrected chi connectivity index (χ4v) is 2.40. The predicted octanol–water partition coefficient (Wildman–Crippen LogP) is 1.02. The monoisotopic (exact) mass is 237 g/mol. The molecule has 0 radical (unpaired) electrons. The van der Waals surface area contributed by atoms with E-state index in [0.29, 0.717) is 11.4 Å². The zero-order valence-electron chi connectivity index (χ0n) is 9.83. The number of carbonyl (C=O) groups excluding carboxylic acids is 1. The number of aliphatic hydroxyl groups is 1. The number of aliphatic hydroxyl groups excluding tert-OH is 1. The number of hydrogen-bond acceptors (Lipinski definition) is 3. The van der Waals surface area contributed by atoms with Gasteiger partial charge in [-0.25, -0.2) is 0 Å². The summed E-state index contributed by atoms with van der Waals surface area (Å²) in [7, 11) is 0. The zero-order chi connectivity index (χ0) is 12.3. The summed E-state index contributed by atoms with van der Waals surface area (Å²) in [5.41, 5.74) is 6.09. The Labute approximate surface area is 100 Å². The van der Waals surface area contributed by atoms with E-state index in [1.54, 1.807) is 12.3 Å². The van der Waals surface area contributed by atoms with E-state index in [4.69, 9.17) is 5.73 Å². The van der Waals surface area contributed by atoms with Crippen molar-refractivity contribution in [2.24, 2.45) is 0 Å². The molecule has 1 amide bonds. The molecule has 0 spiro atoms. The highest BCUT2D eigenvalue weighted by molar-refractivity contribution is 5.93. The van der Waals surface area contributed by atoms with Gasteiger partial charge in [0.1, 0.15) is 5.69 Å². The van der Waals surface area contributed by atoms with Gasteiger partial charge in [-0.1, -0.05) is 19.3 Å². The first kappa shape index (κ1) is 12.0. The van der Waals surface area contributed by atoms with Crippen molar-refractivity contribution in [3.8, 4) is 0 Å². The van der Waals surface area contributed by atoms with E-state index in [1.165, 1.54) is 6.42 Å². The Morgan fingerprint density at radius 2 is 2.18 bits per heavy atom. The van der Waals surface area contributed by atoms with Crippen LogP contribution in [0.3, 0.4) is 0 Å². The van der Waals surface area contributed by atoms with Gasteiger partial charge in [-0.2, -0.15) is 0 Å². The molecule has 0 saturated heterocycles. The summed E-state index contributed by atoms with van der Waals surface area (Å²) in [6.45, 7) is -0.00503. The highest BCUT2D eigenvalue weighted by Crippen LogP contribution is 2.28. The third-order valence-electron chi connectivity index (χ3n) is 3.44. The number of H-pyrrole nitrogens is 1. The van der Waals surface area contributed by atoms with Crippen molar-refractivity contribution >= 4 is 11.6 Å². The lowest BCUT2D eigenvalue weighted by molar-refractivity contribution is 0.0754. The van der Waals surface area contributed by atoms with Crippen LogP contribution in [0.25, 0.3) is 0 Å². The molecule has 1 aliphatic rings. The average molecular weight is 237 g/mol. The van der Waals surface area contributed by atoms with Gasteiger partial charge < -0.3 is 21.1 Å². The first-order valence-electron chi connectivity index (χ1n) is 6.02. The van der Waals surface area contributed by atoms with Crippen LogP contribution < -0.4 is 11.1 Å². The SMILES string of the molecule is Nc1c[nH]c(C(=O)NC2(CO)CCCCC2)c1. The minimum atomic E-state index is -0.449. The van der Waals surface area contributed by atoms with Crippen LogP contribution in [0.15, 0.2) is 12.3 Å². The maximum Gasteiger partial charge on any atom is 0.268 e. The number of anilines is 1. The molecule has 1 saturated carbocycles. The van der Waals surface area contributed by atoms with E-state index in [-0.39, 0.29) is 12.5 Å². The van der Waals surface area contributed by atoms with Crippen LogP contribution >= 0.6 is 0 Å². The van der Waals surface area contributed by atoms with Gasteiger partial charge in [0.15, 0.2) is 0 Å². The van der Waals surface area contributed by atoms with Gasteiger partial charge in [-0.15, -0.1) is 0 Å². The molecule has 5 nitrogen and oxygen atoms in total. The number of aromatic amines is 1. The molecule has 0 bridgehead atoms. The number of carbonyl (C=O) groups is 1. The Bertz CT molecular complexity index is 394. The summed E-state index contributed by atoms with van der Waals surface area (Å²) in [5, 5.41) is 12.4. The van der Waals surface area contributed by atoms with Crippen LogP contribution in [-0.2, 0) is 0 Å². The van der Waals surface area contributed by atoms with Gasteiger partial charge in [0.05, 0.1) is 12.1 Å². The van der Waals surface area contributed by atoms with Crippen molar-refractivity contribution < 1.29 is 9.90 Å². The Kier molecular flexibility index (Phi) is 3.38. The molecule has 2 rings (SSSR count). The largest absolute Gasteiger partial charge is 0.397 e. The van der Waals surface area contributed by atoms with Crippen LogP contribution in [0.5, 0.6) is 0 Å². The minimum Gasteiger partial charge on any atom is -0.397 e. The second-order valence-electron chi connectivity index (χ2n) is 4.80. The maximum atomic E-state index is 12.0. The van der Waals surface area contributed by atoms with E-state index in [2.05, 4.69) is 10.3 Å². The van der Waals surface area contributed by atoms with Gasteiger partial charge >= 0.3 is 0 Å². The molecule has 94 valence electrons. The Balaban J connectivity index is 2.05. The highest BCUT2D eigenvalue weighted by Gasteiger charge is 2.33. The van der Waals surface area contributed by atoms with Crippen LogP contribution in [-0.4, -0.2) is 28.1 Å². The van der Waals surface area contributed by atoms with Crippen molar-refractivity contribution in [2.75, 3.05) is 12.3 Å². The molecule has 1 aliphatic carbocycles. The molecule has 1 aromatic heterocycles. The van der Waals surface area contributed by atoms with Crippen molar-refractivity contribution in [1.82, 2.24) is 10.3 Å². The summed E-state index contributed by atoms with van der Waals surface area (Å²) in [4.78, 5) is 14.8. The van der Waals surface area contributed by atoms with E-state index in [0.717, 1.165) is 25.7 Å². The maximum absolute atomic E-state index is 12.0. The van der Waals surface area contributed by atoms with Crippen molar-refractivity contribution in [1.29, 1.82) is 0 Å². The Hall–Kier alpha value is -1.49. The molecule has 1 fully saturated rings. The second-order valence-corrected chi connectivity index (χ2v) is 4.80. The van der Waals surface area contributed by atoms with Crippen LogP contribution in [0.1, 0.15) is 42.6 Å². The summed E-state index contributed by atoms with van der Waals surface area (Å²) in [5.74, 6) is -0.197. The molecule has 0 aliphatic heterocycles. The van der Waals surface area contributed by atoms with E-state index in [1.807, 2.05) is 0 Å². The van der Waals surface area contributed by atoms with E-state index >= 15 is 0 Å². The number of amides is 1. The topological polar surface area (TPSA) is 91.1 Å². The quantitative estimate of drug-likeness (QED) is 0.632. The molecule has 1 aromatic rings. The average Bonchev–Trinajstić information content (AvgIpc) is 2.77. The van der Waals surface area contributed by atoms with E-state index in [9.17, 15) is 9.90 Å². The molecule has 0 unspecified atom stereocenters. The highest BCUT2D eigenvalue weighted by atomic mass is 16.3. The first-order chi connectivity index (χ1) is 8.15. The lowest BCUT2D eigenvalue weighted by atomic mass is 9.82. The summed E-state index contributed by atoms with van der Waals surface area (Å²) in [6, 6.07) is 1.60. The van der Waals surface area contributed by atoms with Gasteiger partial charge in [0.2, 0.25) is 0 Å². The third kappa shape index (κ3) is 2.61. The van der Waals surface area contributed by atoms with Crippen molar-refractivity contribution in [3.05, 3.63) is 18.0 Å². The standard InChI is InChI=1S/C12H19N3O2/c13-9-6-10(14-7-9)11(17)15-12(8-16)4-2-1-3-5-12/h6-7,14,16H,1-5,8,13H2,(H,15,17). The second kappa shape index (κ2) is 4.79. The molecule has 5 heteroatoms. The zero-order valence-corrected chi connectivity index (χ0v) is 9.83. The Morgan fingerprint density at radius 3 is 2.71 bits per heavy atom. The summed E-state index contributed by atoms with van der Waals surface area (Å²) < 4.78 is 0. The number of aromatic nitrogens is 1. The molecule has 0 aromatic carbocycles. The number of hydrogen-bond donors (Lipinski definition) is 4. The lowest BCUT2D eigenvalue weighted by Crippen LogP contribution is -2.52. The van der Waals surface area contributed by atoms with Crippen molar-refractivity contribution in [2.45, 2.75) is 37.6 Å². The number of nitrogens with one attached hydrogen (secondary N) is 2. The number of rotatable bonds is 3. The normalized spacial score (nSPS) is 18.9. The fraction of sp³-hybridized carbons (Fsp3) is 0.583. The first-order valence-corrected chi connectivity index (χ1v) is 6.02. The number of nitrogen functional groups attached to an aromatic ring is 1. The van der Waals surface area contributed by atoms with Gasteiger partial charge in [-0.3, -0.25) is 4.79 Å². The third-order valence-corrected chi connectivity index (χ3v) is 3.44. The minimum absolute atomic E-state index is 0.00503. The summed E-state index contributed by atoms with van der Waals surface area (Å²) >= 11 is 0. The predicted molar refractivity (Wildman–Crippen MR) is 65.6 cm³/mol. The lowest BCUT2D eigenvalue weighted by Gasteiger charge is -2.36. The molecule has 0 atom stereocenters. The molecule has 17 heavy (non-hydrogen) atoms. The van der Waals surface area contributed by atoms with Crippen LogP contribution in [0.2, 0.25) is 0 Å². The fourth-order valence-electron chi connectivity index (χ4n) is 2.40.